The van der Waals surface area contributed by atoms with Crippen LogP contribution in [0.3, 0.4) is 0 Å². The Bertz CT molecular complexity index is 860. The van der Waals surface area contributed by atoms with Gasteiger partial charge in [-0.05, 0) is 52.3 Å². The molecule has 0 atom stereocenters. The molecule has 23 heavy (non-hydrogen) atoms. The summed E-state index contributed by atoms with van der Waals surface area (Å²) in [6, 6.07) is 10.5. The maximum Gasteiger partial charge on any atom is 0.257 e. The molecule has 0 radical (unpaired) electrons. The average Bonchev–Trinajstić information content (AvgIpc) is 3.15. The van der Waals surface area contributed by atoms with Crippen LogP contribution in [-0.4, -0.2) is 22.3 Å². The highest BCUT2D eigenvalue weighted by Crippen LogP contribution is 2.25. The molecule has 0 aliphatic carbocycles. The Balaban J connectivity index is 1.66. The Morgan fingerprint density at radius 3 is 2.65 bits per heavy atom. The van der Waals surface area contributed by atoms with Crippen LogP contribution in [0, 0.1) is 0 Å². The van der Waals surface area contributed by atoms with E-state index in [0.717, 1.165) is 8.66 Å². The molecule has 0 spiro atoms. The first-order valence-corrected chi connectivity index (χ1v) is 9.10. The van der Waals surface area contributed by atoms with Crippen LogP contribution in [-0.2, 0) is 0 Å². The van der Waals surface area contributed by atoms with Gasteiger partial charge in [0.1, 0.15) is 0 Å². The van der Waals surface area contributed by atoms with Crippen LogP contribution in [0.2, 0.25) is 5.02 Å². The molecule has 3 rings (SSSR count). The number of hydrogen-bond acceptors (Lipinski definition) is 6. The number of carbonyl (C=O) groups is 1. The number of nitrogens with zero attached hydrogens (tertiary/aromatic N) is 3. The fourth-order valence-corrected chi connectivity index (χ4v) is 3.61. The Kier molecular flexibility index (Phi) is 5.16. The molecule has 3 aromatic rings. The SMILES string of the molecule is O=C(Nc1nnc(/N=C/c2ccc(Br)s2)s1)c1ccc(Cl)cc1. The Hall–Kier alpha value is -1.61. The van der Waals surface area contributed by atoms with Crippen LogP contribution >= 0.6 is 50.2 Å². The summed E-state index contributed by atoms with van der Waals surface area (Å²) in [7, 11) is 0. The molecule has 0 aliphatic rings. The average molecular weight is 428 g/mol. The Morgan fingerprint density at radius 2 is 1.96 bits per heavy atom. The molecule has 9 heteroatoms. The standard InChI is InChI=1S/C14H8BrClN4OS2/c15-11-6-5-10(22-11)7-17-13-19-20-14(23-13)18-12(21)8-1-3-9(16)4-2-8/h1-7H,(H,18,20,21)/b17-7+. The van der Waals surface area contributed by atoms with E-state index < -0.39 is 0 Å². The molecule has 0 saturated heterocycles. The first-order valence-electron chi connectivity index (χ1n) is 6.30. The number of halogens is 2. The van der Waals surface area contributed by atoms with Crippen molar-refractivity contribution in [2.45, 2.75) is 0 Å². The number of aliphatic imine (C=N–C) groups is 1. The first kappa shape index (κ1) is 16.3. The minimum Gasteiger partial charge on any atom is -0.296 e. The molecule has 1 amide bonds. The normalized spacial score (nSPS) is 11.0. The maximum atomic E-state index is 12.1. The van der Waals surface area contributed by atoms with E-state index in [9.17, 15) is 4.79 Å². The van der Waals surface area contributed by atoms with Gasteiger partial charge in [-0.2, -0.15) is 0 Å². The Morgan fingerprint density at radius 1 is 1.17 bits per heavy atom. The molecule has 116 valence electrons. The largest absolute Gasteiger partial charge is 0.296 e. The highest BCUT2D eigenvalue weighted by molar-refractivity contribution is 9.11. The van der Waals surface area contributed by atoms with Crippen LogP contribution < -0.4 is 5.32 Å². The van der Waals surface area contributed by atoms with Gasteiger partial charge in [-0.1, -0.05) is 22.9 Å². The molecule has 2 aromatic heterocycles. The lowest BCUT2D eigenvalue weighted by atomic mass is 10.2. The second-order valence-electron chi connectivity index (χ2n) is 4.25. The first-order chi connectivity index (χ1) is 11.1. The van der Waals surface area contributed by atoms with Crippen molar-refractivity contribution in [1.82, 2.24) is 10.2 Å². The van der Waals surface area contributed by atoms with E-state index >= 15 is 0 Å². The van der Waals surface area contributed by atoms with E-state index in [4.69, 9.17) is 11.6 Å². The van der Waals surface area contributed by atoms with E-state index in [1.54, 1.807) is 41.8 Å². The molecule has 0 aliphatic heterocycles. The lowest BCUT2D eigenvalue weighted by Crippen LogP contribution is -2.11. The van der Waals surface area contributed by atoms with E-state index in [2.05, 4.69) is 36.4 Å². The van der Waals surface area contributed by atoms with Gasteiger partial charge < -0.3 is 0 Å². The van der Waals surface area contributed by atoms with E-state index in [1.165, 1.54) is 11.3 Å². The van der Waals surface area contributed by atoms with Crippen molar-refractivity contribution in [2.24, 2.45) is 4.99 Å². The summed E-state index contributed by atoms with van der Waals surface area (Å²) in [4.78, 5) is 17.3. The third-order valence-corrected chi connectivity index (χ3v) is 5.19. The van der Waals surface area contributed by atoms with Crippen molar-refractivity contribution in [3.63, 3.8) is 0 Å². The quantitative estimate of drug-likeness (QED) is 0.595. The topological polar surface area (TPSA) is 67.2 Å². The van der Waals surface area contributed by atoms with Crippen LogP contribution in [0.5, 0.6) is 0 Å². The summed E-state index contributed by atoms with van der Waals surface area (Å²) in [5.41, 5.74) is 0.498. The van der Waals surface area contributed by atoms with Crippen LogP contribution in [0.25, 0.3) is 0 Å². The van der Waals surface area contributed by atoms with Gasteiger partial charge in [0, 0.05) is 21.7 Å². The number of aromatic nitrogens is 2. The van der Waals surface area contributed by atoms with Gasteiger partial charge in [0.05, 0.1) is 3.79 Å². The summed E-state index contributed by atoms with van der Waals surface area (Å²) < 4.78 is 1.03. The molecule has 1 aromatic carbocycles. The summed E-state index contributed by atoms with van der Waals surface area (Å²) in [5.74, 6) is -0.268. The van der Waals surface area contributed by atoms with Crippen molar-refractivity contribution in [2.75, 3.05) is 5.32 Å². The lowest BCUT2D eigenvalue weighted by molar-refractivity contribution is 0.102. The van der Waals surface area contributed by atoms with Crippen molar-refractivity contribution >= 4 is 72.6 Å². The number of thiophene rings is 1. The summed E-state index contributed by atoms with van der Waals surface area (Å²) in [6.07, 6.45) is 1.71. The zero-order valence-corrected chi connectivity index (χ0v) is 15.3. The zero-order chi connectivity index (χ0) is 16.2. The third-order valence-electron chi connectivity index (χ3n) is 2.64. The van der Waals surface area contributed by atoms with E-state index in [0.29, 0.717) is 20.8 Å². The smallest absolute Gasteiger partial charge is 0.257 e. The number of hydrogen-bond donors (Lipinski definition) is 1. The minimum absolute atomic E-state index is 0.268. The lowest BCUT2D eigenvalue weighted by Gasteiger charge is -2.00. The predicted octanol–water partition coefficient (Wildman–Crippen LogP) is 5.02. The maximum absolute atomic E-state index is 12.1. The highest BCUT2D eigenvalue weighted by Gasteiger charge is 2.09. The van der Waals surface area contributed by atoms with Crippen molar-refractivity contribution in [3.8, 4) is 0 Å². The third kappa shape index (κ3) is 4.44. The molecule has 0 unspecified atom stereocenters. The van der Waals surface area contributed by atoms with E-state index in [1.807, 2.05) is 12.1 Å². The molecule has 0 saturated carbocycles. The van der Waals surface area contributed by atoms with Gasteiger partial charge in [0.25, 0.3) is 5.91 Å². The summed E-state index contributed by atoms with van der Waals surface area (Å²) in [5, 5.41) is 12.0. The minimum atomic E-state index is -0.268. The number of anilines is 1. The second-order valence-corrected chi connectivity index (χ2v) is 8.14. The van der Waals surface area contributed by atoms with Gasteiger partial charge in [-0.15, -0.1) is 21.5 Å². The van der Waals surface area contributed by atoms with Crippen molar-refractivity contribution in [3.05, 3.63) is 55.6 Å². The van der Waals surface area contributed by atoms with Crippen molar-refractivity contribution in [1.29, 1.82) is 0 Å². The summed E-state index contributed by atoms with van der Waals surface area (Å²) in [6.45, 7) is 0. The number of carbonyl (C=O) groups excluding carboxylic acids is 1. The predicted molar refractivity (Wildman–Crippen MR) is 98.6 cm³/mol. The molecular formula is C14H8BrClN4OS2. The fourth-order valence-electron chi connectivity index (χ4n) is 1.61. The zero-order valence-electron chi connectivity index (χ0n) is 11.4. The van der Waals surface area contributed by atoms with Gasteiger partial charge in [-0.3, -0.25) is 10.1 Å². The van der Waals surface area contributed by atoms with Crippen LogP contribution in [0.15, 0.2) is 45.2 Å². The number of nitrogens with one attached hydrogen (secondary N) is 1. The van der Waals surface area contributed by atoms with Gasteiger partial charge in [0.15, 0.2) is 0 Å². The summed E-state index contributed by atoms with van der Waals surface area (Å²) >= 11 is 12.0. The van der Waals surface area contributed by atoms with Crippen LogP contribution in [0.4, 0.5) is 10.3 Å². The van der Waals surface area contributed by atoms with E-state index in [-0.39, 0.29) is 5.91 Å². The number of benzene rings is 1. The van der Waals surface area contributed by atoms with Crippen LogP contribution in [0.1, 0.15) is 15.2 Å². The fraction of sp³-hybridized carbons (Fsp3) is 0. The number of amides is 1. The second kappa shape index (κ2) is 7.31. The highest BCUT2D eigenvalue weighted by atomic mass is 79.9. The monoisotopic (exact) mass is 426 g/mol. The molecule has 1 N–H and O–H groups in total. The molecule has 0 fully saturated rings. The Labute approximate surface area is 153 Å². The molecule has 5 nitrogen and oxygen atoms in total. The van der Waals surface area contributed by atoms with Gasteiger partial charge in [0.2, 0.25) is 10.3 Å². The van der Waals surface area contributed by atoms with Gasteiger partial charge in [-0.25, -0.2) is 4.99 Å². The molecular weight excluding hydrogens is 420 g/mol. The number of rotatable bonds is 4. The van der Waals surface area contributed by atoms with Gasteiger partial charge >= 0.3 is 0 Å². The van der Waals surface area contributed by atoms with Crippen molar-refractivity contribution < 1.29 is 4.79 Å². The molecule has 2 heterocycles. The molecule has 0 bridgehead atoms.